The van der Waals surface area contributed by atoms with Crippen molar-refractivity contribution in [3.05, 3.63) is 88.9 Å². The van der Waals surface area contributed by atoms with Gasteiger partial charge in [0, 0.05) is 36.4 Å². The second kappa shape index (κ2) is 8.74. The third-order valence-electron chi connectivity index (χ3n) is 4.48. The number of ketones is 1. The Morgan fingerprint density at radius 2 is 1.27 bits per heavy atom. The Morgan fingerprint density at radius 3 is 1.63 bits per heavy atom. The molecular formula is C20H15Cl2N3O5. The number of carbonyl (C=O) groups is 1. The zero-order valence-corrected chi connectivity index (χ0v) is 17.2. The number of nitro groups is 2. The van der Waals surface area contributed by atoms with E-state index in [4.69, 9.17) is 23.2 Å². The van der Waals surface area contributed by atoms with E-state index >= 15 is 0 Å². The molecule has 1 fully saturated rings. The molecule has 0 spiro atoms. The minimum absolute atomic E-state index is 0.0131. The highest BCUT2D eigenvalue weighted by molar-refractivity contribution is 6.33. The summed E-state index contributed by atoms with van der Waals surface area (Å²) < 4.78 is 0. The zero-order valence-electron chi connectivity index (χ0n) is 15.7. The maximum atomic E-state index is 13.0. The van der Waals surface area contributed by atoms with Gasteiger partial charge in [0.1, 0.15) is 10.0 Å². The SMILES string of the molecule is CN1C/C(=C/c2ccc(Cl)c([N+](=O)[O-])c2)C(=O)/C(=C/c2ccc(Cl)c([N+](=O)[O-])c2)C1. The quantitative estimate of drug-likeness (QED) is 0.378. The molecule has 1 heterocycles. The highest BCUT2D eigenvalue weighted by atomic mass is 35.5. The van der Waals surface area contributed by atoms with Gasteiger partial charge in [-0.05, 0) is 42.5 Å². The van der Waals surface area contributed by atoms with Crippen molar-refractivity contribution in [2.75, 3.05) is 20.1 Å². The molecule has 0 saturated carbocycles. The van der Waals surface area contributed by atoms with Gasteiger partial charge in [0.15, 0.2) is 5.78 Å². The van der Waals surface area contributed by atoms with E-state index in [0.29, 0.717) is 35.4 Å². The van der Waals surface area contributed by atoms with Crippen LogP contribution in [0.25, 0.3) is 12.2 Å². The van der Waals surface area contributed by atoms with Gasteiger partial charge in [-0.2, -0.15) is 0 Å². The van der Waals surface area contributed by atoms with Crippen LogP contribution in [0.3, 0.4) is 0 Å². The molecule has 1 aliphatic rings. The molecule has 0 amide bonds. The van der Waals surface area contributed by atoms with Crippen molar-refractivity contribution in [2.24, 2.45) is 0 Å². The highest BCUT2D eigenvalue weighted by Crippen LogP contribution is 2.29. The normalized spacial score (nSPS) is 17.5. The first-order chi connectivity index (χ1) is 14.2. The maximum Gasteiger partial charge on any atom is 0.288 e. The number of piperidine rings is 1. The number of Topliss-reactive ketones (excluding diaryl/α,β-unsaturated/α-hetero) is 1. The summed E-state index contributed by atoms with van der Waals surface area (Å²) in [5.41, 5.74) is 1.35. The van der Waals surface area contributed by atoms with Crippen LogP contribution < -0.4 is 0 Å². The summed E-state index contributed by atoms with van der Waals surface area (Å²) in [6, 6.07) is 8.62. The predicted molar refractivity (Wildman–Crippen MR) is 115 cm³/mol. The number of hydrogen-bond acceptors (Lipinski definition) is 6. The van der Waals surface area contributed by atoms with E-state index in [1.165, 1.54) is 24.3 Å². The molecule has 154 valence electrons. The van der Waals surface area contributed by atoms with E-state index in [9.17, 15) is 25.0 Å². The number of nitrogens with zero attached hydrogens (tertiary/aromatic N) is 3. The first-order valence-corrected chi connectivity index (χ1v) is 9.43. The largest absolute Gasteiger partial charge is 0.298 e. The lowest BCUT2D eigenvalue weighted by molar-refractivity contribution is -0.384. The smallest absolute Gasteiger partial charge is 0.288 e. The molecule has 0 aromatic heterocycles. The second-order valence-electron chi connectivity index (χ2n) is 6.78. The number of likely N-dealkylation sites (tertiary alicyclic amines) is 1. The summed E-state index contributed by atoms with van der Waals surface area (Å²) in [6.45, 7) is 0.709. The Bertz CT molecular complexity index is 1040. The fraction of sp³-hybridized carbons (Fsp3) is 0.150. The van der Waals surface area contributed by atoms with Crippen molar-refractivity contribution in [2.45, 2.75) is 0 Å². The third kappa shape index (κ3) is 4.73. The molecule has 0 bridgehead atoms. The Labute approximate surface area is 181 Å². The minimum Gasteiger partial charge on any atom is -0.298 e. The zero-order chi connectivity index (χ0) is 22.0. The molecule has 0 aliphatic carbocycles. The van der Waals surface area contributed by atoms with Crippen molar-refractivity contribution in [3.63, 3.8) is 0 Å². The van der Waals surface area contributed by atoms with Crippen LogP contribution in [-0.4, -0.2) is 40.7 Å². The summed E-state index contributed by atoms with van der Waals surface area (Å²) in [5, 5.41) is 22.2. The molecule has 0 N–H and O–H groups in total. The Hall–Kier alpha value is -3.07. The van der Waals surface area contributed by atoms with Crippen LogP contribution in [0.5, 0.6) is 0 Å². The maximum absolute atomic E-state index is 13.0. The molecule has 2 aromatic rings. The fourth-order valence-corrected chi connectivity index (χ4v) is 3.50. The van der Waals surface area contributed by atoms with E-state index in [2.05, 4.69) is 0 Å². The van der Waals surface area contributed by atoms with Gasteiger partial charge >= 0.3 is 0 Å². The lowest BCUT2D eigenvalue weighted by Gasteiger charge is -2.26. The lowest BCUT2D eigenvalue weighted by Crippen LogP contribution is -2.34. The van der Waals surface area contributed by atoms with Crippen molar-refractivity contribution >= 4 is 52.5 Å². The number of halogens is 2. The van der Waals surface area contributed by atoms with Gasteiger partial charge in [-0.15, -0.1) is 0 Å². The van der Waals surface area contributed by atoms with Crippen molar-refractivity contribution in [1.29, 1.82) is 0 Å². The second-order valence-corrected chi connectivity index (χ2v) is 7.59. The van der Waals surface area contributed by atoms with Crippen LogP contribution in [0.1, 0.15) is 11.1 Å². The Kier molecular flexibility index (Phi) is 6.31. The lowest BCUT2D eigenvalue weighted by atomic mass is 9.94. The molecule has 30 heavy (non-hydrogen) atoms. The molecule has 2 aromatic carbocycles. The van der Waals surface area contributed by atoms with E-state index in [1.807, 2.05) is 11.9 Å². The standard InChI is InChI=1S/C20H15Cl2N3O5/c1-23-10-14(6-12-2-4-16(21)18(8-12)24(27)28)20(26)15(11-23)7-13-3-5-17(22)19(9-13)25(29)30/h2-9H,10-11H2,1H3/b14-6-,15-7+. The third-order valence-corrected chi connectivity index (χ3v) is 5.12. The molecule has 0 radical (unpaired) electrons. The van der Waals surface area contributed by atoms with E-state index in [-0.39, 0.29) is 27.2 Å². The first-order valence-electron chi connectivity index (χ1n) is 8.68. The molecule has 0 atom stereocenters. The number of hydrogen-bond donors (Lipinski definition) is 0. The number of rotatable bonds is 4. The van der Waals surface area contributed by atoms with Gasteiger partial charge in [-0.1, -0.05) is 35.3 Å². The van der Waals surface area contributed by atoms with E-state index in [0.717, 1.165) is 0 Å². The van der Waals surface area contributed by atoms with Crippen molar-refractivity contribution in [1.82, 2.24) is 4.90 Å². The van der Waals surface area contributed by atoms with Crippen LogP contribution in [0, 0.1) is 20.2 Å². The molecule has 10 heteroatoms. The van der Waals surface area contributed by atoms with Crippen LogP contribution in [0.4, 0.5) is 11.4 Å². The predicted octanol–water partition coefficient (Wildman–Crippen LogP) is 4.79. The summed E-state index contributed by atoms with van der Waals surface area (Å²) in [4.78, 5) is 35.9. The average molecular weight is 448 g/mol. The molecule has 8 nitrogen and oxygen atoms in total. The average Bonchev–Trinajstić information content (AvgIpc) is 2.68. The van der Waals surface area contributed by atoms with Gasteiger partial charge in [0.05, 0.1) is 9.85 Å². The van der Waals surface area contributed by atoms with Gasteiger partial charge in [0.25, 0.3) is 11.4 Å². The minimum atomic E-state index is -0.585. The van der Waals surface area contributed by atoms with E-state index in [1.54, 1.807) is 24.3 Å². The number of carbonyl (C=O) groups excluding carboxylic acids is 1. The summed E-state index contributed by atoms with van der Waals surface area (Å²) >= 11 is 11.7. The molecular weight excluding hydrogens is 433 g/mol. The van der Waals surface area contributed by atoms with Gasteiger partial charge < -0.3 is 0 Å². The van der Waals surface area contributed by atoms with Gasteiger partial charge in [-0.25, -0.2) is 0 Å². The summed E-state index contributed by atoms with van der Waals surface area (Å²) in [7, 11) is 1.82. The molecule has 1 aliphatic heterocycles. The van der Waals surface area contributed by atoms with Crippen LogP contribution >= 0.6 is 23.2 Å². The molecule has 0 unspecified atom stereocenters. The fourth-order valence-electron chi connectivity index (χ4n) is 3.13. The summed E-state index contributed by atoms with van der Waals surface area (Å²) in [5.74, 6) is -0.233. The van der Waals surface area contributed by atoms with Crippen molar-refractivity contribution < 1.29 is 14.6 Å². The van der Waals surface area contributed by atoms with Crippen LogP contribution in [0.2, 0.25) is 10.0 Å². The topological polar surface area (TPSA) is 107 Å². The van der Waals surface area contributed by atoms with Crippen LogP contribution in [0.15, 0.2) is 47.5 Å². The highest BCUT2D eigenvalue weighted by Gasteiger charge is 2.25. The number of benzene rings is 2. The van der Waals surface area contributed by atoms with Crippen LogP contribution in [-0.2, 0) is 4.79 Å². The number of likely N-dealkylation sites (N-methyl/N-ethyl adjacent to an activating group) is 1. The molecule has 1 saturated heterocycles. The Morgan fingerprint density at radius 1 is 0.867 bits per heavy atom. The van der Waals surface area contributed by atoms with Gasteiger partial charge in [-0.3, -0.25) is 29.9 Å². The monoisotopic (exact) mass is 447 g/mol. The molecule has 3 rings (SSSR count). The Balaban J connectivity index is 1.98. The van der Waals surface area contributed by atoms with E-state index < -0.39 is 9.85 Å². The van der Waals surface area contributed by atoms with Gasteiger partial charge in [0.2, 0.25) is 0 Å². The van der Waals surface area contributed by atoms with Crippen molar-refractivity contribution in [3.8, 4) is 0 Å². The number of nitro benzene ring substituents is 2. The summed E-state index contributed by atoms with van der Waals surface area (Å²) in [6.07, 6.45) is 3.17. The first kappa shape index (κ1) is 21.6.